The Labute approximate surface area is 214 Å². The minimum absolute atomic E-state index is 0.0103. The molecule has 1 aliphatic rings. The summed E-state index contributed by atoms with van der Waals surface area (Å²) >= 11 is 0. The Morgan fingerprint density at radius 3 is 1.59 bits per heavy atom. The minimum Gasteiger partial charge on any atom is -0.414 e. The van der Waals surface area contributed by atoms with E-state index in [9.17, 15) is 4.91 Å². The van der Waals surface area contributed by atoms with Crippen molar-refractivity contribution < 1.29 is 18.0 Å². The summed E-state index contributed by atoms with van der Waals surface area (Å²) in [6.07, 6.45) is -1.04. The summed E-state index contributed by atoms with van der Waals surface area (Å²) < 4.78 is 26.9. The van der Waals surface area contributed by atoms with Gasteiger partial charge in [0.1, 0.15) is 26.1 Å². The van der Waals surface area contributed by atoms with Crippen molar-refractivity contribution in [3.05, 3.63) is 4.91 Å². The maximum Gasteiger partial charge on any atom is 0.192 e. The summed E-state index contributed by atoms with van der Waals surface area (Å²) in [5.74, 6) is 0. The SMILES string of the molecule is [B][C@@H]1O[C@](CN=O)(CO[Si](C)(C)C(C)(C)C)[C@@H](O[Si](C)(C)C(C)(C)C)[C@H]1O[Si](C)(C)C(C)(C)C. The molecule has 1 rings (SSSR count). The molecule has 0 bridgehead atoms. The van der Waals surface area contributed by atoms with Crippen LogP contribution in [0.1, 0.15) is 62.3 Å². The quantitative estimate of drug-likeness (QED) is 0.242. The van der Waals surface area contributed by atoms with E-state index < -0.39 is 48.8 Å². The minimum atomic E-state index is -2.28. The third-order valence-corrected chi connectivity index (χ3v) is 22.2. The highest BCUT2D eigenvalue weighted by Gasteiger charge is 2.60. The average Bonchev–Trinajstić information content (AvgIpc) is 2.82. The lowest BCUT2D eigenvalue weighted by atomic mass is 9.89. The Hall–Kier alpha value is 0.156. The van der Waals surface area contributed by atoms with Crippen LogP contribution < -0.4 is 0 Å². The second kappa shape index (κ2) is 10.1. The molecule has 1 fully saturated rings. The van der Waals surface area contributed by atoms with E-state index in [1.165, 1.54) is 0 Å². The number of hydrogen-bond acceptors (Lipinski definition) is 6. The highest BCUT2D eigenvalue weighted by Crippen LogP contribution is 2.47. The smallest absolute Gasteiger partial charge is 0.192 e. The van der Waals surface area contributed by atoms with E-state index >= 15 is 0 Å². The standard InChI is InChI=1S/C24H52BNO5Si3/c1-21(2,3)32(10,11)28-17-24(16-26-27)19(31-34(14,15)23(7,8)9)18(20(25)29-24)30-33(12,13)22(4,5)6/h18-20H,16-17H2,1-15H3/t18-,19+,20-,24-/m1/s1. The number of ether oxygens (including phenoxy) is 1. The number of hydrogen-bond donors (Lipinski definition) is 0. The van der Waals surface area contributed by atoms with Crippen LogP contribution in [-0.4, -0.2) is 69.8 Å². The van der Waals surface area contributed by atoms with Gasteiger partial charge >= 0.3 is 0 Å². The largest absolute Gasteiger partial charge is 0.414 e. The zero-order valence-corrected chi connectivity index (χ0v) is 27.7. The Bertz CT molecular complexity index is 713. The topological polar surface area (TPSA) is 66.4 Å². The van der Waals surface area contributed by atoms with E-state index in [0.717, 1.165) is 0 Å². The molecule has 0 N–H and O–H groups in total. The highest BCUT2D eigenvalue weighted by molar-refractivity contribution is 6.75. The first kappa shape index (κ1) is 32.2. The molecule has 0 saturated carbocycles. The highest BCUT2D eigenvalue weighted by atomic mass is 28.4. The van der Waals surface area contributed by atoms with Crippen LogP contribution in [0.2, 0.25) is 54.4 Å². The molecule has 6 nitrogen and oxygen atoms in total. The zero-order chi connectivity index (χ0) is 27.2. The van der Waals surface area contributed by atoms with Crippen LogP contribution in [-0.2, 0) is 18.0 Å². The van der Waals surface area contributed by atoms with Gasteiger partial charge in [0.15, 0.2) is 25.0 Å². The van der Waals surface area contributed by atoms with Crippen LogP contribution in [0.25, 0.3) is 0 Å². The first-order valence-corrected chi connectivity index (χ1v) is 21.3. The number of rotatable bonds is 9. The van der Waals surface area contributed by atoms with Crippen molar-refractivity contribution in [3.63, 3.8) is 0 Å². The van der Waals surface area contributed by atoms with Gasteiger partial charge in [-0.15, -0.1) is 0 Å². The van der Waals surface area contributed by atoms with Crippen molar-refractivity contribution in [1.29, 1.82) is 0 Å². The van der Waals surface area contributed by atoms with Crippen molar-refractivity contribution in [2.75, 3.05) is 13.2 Å². The number of nitroso groups, excluding NO2 is 1. The summed E-state index contributed by atoms with van der Waals surface area (Å²) in [6.45, 7) is 33.1. The molecule has 0 amide bonds. The Morgan fingerprint density at radius 2 is 1.21 bits per heavy atom. The second-order valence-electron chi connectivity index (χ2n) is 14.6. The predicted octanol–water partition coefficient (Wildman–Crippen LogP) is 6.82. The van der Waals surface area contributed by atoms with Gasteiger partial charge < -0.3 is 18.0 Å². The average molecular weight is 530 g/mol. The third-order valence-electron chi connectivity index (χ3n) is 8.79. The first-order valence-electron chi connectivity index (χ1n) is 12.6. The van der Waals surface area contributed by atoms with E-state index in [-0.39, 0.29) is 28.3 Å². The summed E-state index contributed by atoms with van der Waals surface area (Å²) in [4.78, 5) is 11.8. The molecule has 0 aromatic heterocycles. The van der Waals surface area contributed by atoms with E-state index in [1.54, 1.807) is 0 Å². The fourth-order valence-corrected chi connectivity index (χ4v) is 6.78. The first-order chi connectivity index (χ1) is 14.8. The maximum absolute atomic E-state index is 11.8. The molecule has 2 radical (unpaired) electrons. The Balaban J connectivity index is 3.55. The summed E-state index contributed by atoms with van der Waals surface area (Å²) in [5, 5.41) is 3.26. The monoisotopic (exact) mass is 529 g/mol. The van der Waals surface area contributed by atoms with Crippen LogP contribution in [0.4, 0.5) is 0 Å². The van der Waals surface area contributed by atoms with Gasteiger partial charge in [-0.05, 0) is 54.4 Å². The van der Waals surface area contributed by atoms with Crippen molar-refractivity contribution in [1.82, 2.24) is 0 Å². The van der Waals surface area contributed by atoms with Gasteiger partial charge in [0, 0.05) is 6.00 Å². The van der Waals surface area contributed by atoms with E-state index in [4.69, 9.17) is 25.9 Å². The van der Waals surface area contributed by atoms with Gasteiger partial charge in [-0.3, -0.25) is 0 Å². The molecule has 34 heavy (non-hydrogen) atoms. The zero-order valence-electron chi connectivity index (χ0n) is 24.7. The van der Waals surface area contributed by atoms with Crippen LogP contribution in [0.3, 0.4) is 0 Å². The Morgan fingerprint density at radius 1 is 0.794 bits per heavy atom. The molecule has 0 aromatic carbocycles. The molecule has 4 atom stereocenters. The van der Waals surface area contributed by atoms with Crippen molar-refractivity contribution in [2.24, 2.45) is 5.18 Å². The molecule has 0 aliphatic carbocycles. The van der Waals surface area contributed by atoms with E-state index in [2.05, 4.69) is 107 Å². The molecule has 1 heterocycles. The lowest BCUT2D eigenvalue weighted by Crippen LogP contribution is -2.60. The van der Waals surface area contributed by atoms with Crippen LogP contribution >= 0.6 is 0 Å². The fourth-order valence-electron chi connectivity index (χ4n) is 3.11. The molecule has 1 aliphatic heterocycles. The predicted molar refractivity (Wildman–Crippen MR) is 151 cm³/mol. The fraction of sp³-hybridized carbons (Fsp3) is 1.00. The molecular formula is C24H52BNO5Si3. The summed E-state index contributed by atoms with van der Waals surface area (Å²) in [6, 6.07) is -0.728. The van der Waals surface area contributed by atoms with Crippen molar-refractivity contribution >= 4 is 32.8 Å². The third kappa shape index (κ3) is 6.92. The van der Waals surface area contributed by atoms with Crippen molar-refractivity contribution in [2.45, 2.75) is 141 Å². The van der Waals surface area contributed by atoms with Crippen LogP contribution in [0, 0.1) is 4.91 Å². The molecule has 10 heteroatoms. The molecule has 1 saturated heterocycles. The van der Waals surface area contributed by atoms with Crippen LogP contribution in [0.5, 0.6) is 0 Å². The van der Waals surface area contributed by atoms with Gasteiger partial charge in [0.05, 0.1) is 12.7 Å². The van der Waals surface area contributed by atoms with E-state index in [0.29, 0.717) is 0 Å². The molecular weight excluding hydrogens is 477 g/mol. The van der Waals surface area contributed by atoms with Gasteiger partial charge in [-0.2, -0.15) is 4.91 Å². The molecule has 198 valence electrons. The van der Waals surface area contributed by atoms with Gasteiger partial charge in [0.2, 0.25) is 0 Å². The molecule has 0 aromatic rings. The van der Waals surface area contributed by atoms with Gasteiger partial charge in [-0.25, -0.2) is 0 Å². The van der Waals surface area contributed by atoms with Crippen LogP contribution in [0.15, 0.2) is 5.18 Å². The normalized spacial score (nSPS) is 27.8. The molecule has 0 spiro atoms. The molecule has 0 unspecified atom stereocenters. The Kier molecular flexibility index (Phi) is 9.60. The van der Waals surface area contributed by atoms with E-state index in [1.807, 2.05) is 0 Å². The lowest BCUT2D eigenvalue weighted by molar-refractivity contribution is -0.0845. The number of nitrogens with zero attached hydrogens (tertiary/aromatic N) is 1. The van der Waals surface area contributed by atoms with Crippen molar-refractivity contribution in [3.8, 4) is 0 Å². The summed E-state index contributed by atoms with van der Waals surface area (Å²) in [7, 11) is -0.0290. The maximum atomic E-state index is 11.8. The summed E-state index contributed by atoms with van der Waals surface area (Å²) in [5.41, 5.74) is -1.08. The second-order valence-corrected chi connectivity index (χ2v) is 28.9. The van der Waals surface area contributed by atoms with Gasteiger partial charge in [0.25, 0.3) is 0 Å². The lowest BCUT2D eigenvalue weighted by Gasteiger charge is -2.46. The van der Waals surface area contributed by atoms with Gasteiger partial charge in [-0.1, -0.05) is 67.5 Å².